The summed E-state index contributed by atoms with van der Waals surface area (Å²) in [5.41, 5.74) is 0.832. The van der Waals surface area contributed by atoms with E-state index in [4.69, 9.17) is 16.3 Å². The number of hydrogen-bond donors (Lipinski definition) is 0. The minimum absolute atomic E-state index is 0.277. The molecule has 0 aliphatic carbocycles. The van der Waals surface area contributed by atoms with Gasteiger partial charge in [0.2, 0.25) is 0 Å². The summed E-state index contributed by atoms with van der Waals surface area (Å²) in [7, 11) is 0. The Morgan fingerprint density at radius 2 is 1.95 bits per heavy atom. The molecule has 0 bridgehead atoms. The van der Waals surface area contributed by atoms with E-state index in [1.165, 1.54) is 0 Å². The Kier molecular flexibility index (Phi) is 3.36. The van der Waals surface area contributed by atoms with Crippen molar-refractivity contribution in [3.63, 3.8) is 0 Å². The van der Waals surface area contributed by atoms with Crippen LogP contribution in [0.15, 0.2) is 53.1 Å². The lowest BCUT2D eigenvalue weighted by Gasteiger charge is -2.06. The molecule has 0 N–H and O–H groups in total. The quantitative estimate of drug-likeness (QED) is 0.672. The second-order valence-electron chi connectivity index (χ2n) is 3.89. The maximum absolute atomic E-state index is 6.06. The van der Waals surface area contributed by atoms with Crippen molar-refractivity contribution >= 4 is 38.4 Å². The molecule has 1 aromatic heterocycles. The summed E-state index contributed by atoms with van der Waals surface area (Å²) in [6.07, 6.45) is 1.73. The zero-order chi connectivity index (χ0) is 13.2. The monoisotopic (exact) mass is 334 g/mol. The average Bonchev–Trinajstić information content (AvgIpc) is 2.43. The van der Waals surface area contributed by atoms with Crippen LogP contribution in [-0.2, 0) is 0 Å². The van der Waals surface area contributed by atoms with E-state index < -0.39 is 0 Å². The molecule has 0 saturated carbocycles. The normalized spacial score (nSPS) is 10.6. The lowest BCUT2D eigenvalue weighted by molar-refractivity contribution is 0.444. The van der Waals surface area contributed by atoms with Gasteiger partial charge in [-0.2, -0.15) is 4.98 Å². The Bertz CT molecular complexity index is 748. The summed E-state index contributed by atoms with van der Waals surface area (Å²) in [4.78, 5) is 8.50. The average molecular weight is 336 g/mol. The lowest BCUT2D eigenvalue weighted by atomic mass is 10.2. The summed E-state index contributed by atoms with van der Waals surface area (Å²) in [6.45, 7) is 0. The van der Waals surface area contributed by atoms with Crippen LogP contribution < -0.4 is 4.74 Å². The molecule has 2 aromatic carbocycles. The number of nitrogens with zero attached hydrogens (tertiary/aromatic N) is 2. The van der Waals surface area contributed by atoms with Crippen LogP contribution in [-0.4, -0.2) is 9.97 Å². The smallest absolute Gasteiger partial charge is 0.322 e. The van der Waals surface area contributed by atoms with Crippen molar-refractivity contribution in [2.45, 2.75) is 0 Å². The van der Waals surface area contributed by atoms with Gasteiger partial charge in [-0.15, -0.1) is 0 Å². The molecule has 0 fully saturated rings. The number of halogens is 2. The van der Waals surface area contributed by atoms with Crippen LogP contribution in [0.2, 0.25) is 5.02 Å². The number of para-hydroxylation sites is 1. The Morgan fingerprint density at radius 1 is 1.11 bits per heavy atom. The minimum Gasteiger partial charge on any atom is -0.423 e. The molecule has 3 nitrogen and oxygen atoms in total. The molecular formula is C14H8BrClN2O. The Morgan fingerprint density at radius 3 is 2.84 bits per heavy atom. The first-order chi connectivity index (χ1) is 9.22. The van der Waals surface area contributed by atoms with E-state index in [1.54, 1.807) is 18.3 Å². The molecular weight excluding hydrogens is 328 g/mol. The van der Waals surface area contributed by atoms with Gasteiger partial charge >= 0.3 is 6.01 Å². The summed E-state index contributed by atoms with van der Waals surface area (Å²) in [5, 5.41) is 1.48. The third kappa shape index (κ3) is 2.69. The summed E-state index contributed by atoms with van der Waals surface area (Å²) in [6, 6.07) is 13.4. The Hall–Kier alpha value is -1.65. The molecule has 94 valence electrons. The van der Waals surface area contributed by atoms with E-state index in [9.17, 15) is 0 Å². The molecule has 0 unspecified atom stereocenters. The topological polar surface area (TPSA) is 35.0 Å². The second-order valence-corrected chi connectivity index (χ2v) is 5.21. The number of fused-ring (bicyclic) bond motifs is 1. The highest BCUT2D eigenvalue weighted by Crippen LogP contribution is 2.30. The van der Waals surface area contributed by atoms with Crippen molar-refractivity contribution in [1.29, 1.82) is 0 Å². The number of rotatable bonds is 2. The maximum atomic E-state index is 6.06. The first-order valence-corrected chi connectivity index (χ1v) is 6.74. The van der Waals surface area contributed by atoms with Crippen LogP contribution in [0.1, 0.15) is 0 Å². The first kappa shape index (κ1) is 12.4. The first-order valence-electron chi connectivity index (χ1n) is 5.57. The van der Waals surface area contributed by atoms with Crippen LogP contribution >= 0.6 is 27.5 Å². The fourth-order valence-electron chi connectivity index (χ4n) is 1.66. The van der Waals surface area contributed by atoms with Gasteiger partial charge in [0, 0.05) is 16.1 Å². The summed E-state index contributed by atoms with van der Waals surface area (Å²) < 4.78 is 6.50. The number of ether oxygens (including phenoxy) is 1. The van der Waals surface area contributed by atoms with Gasteiger partial charge in [0.1, 0.15) is 0 Å². The second kappa shape index (κ2) is 5.15. The van der Waals surface area contributed by atoms with Crippen molar-refractivity contribution < 1.29 is 4.74 Å². The van der Waals surface area contributed by atoms with Gasteiger partial charge in [0.15, 0.2) is 5.75 Å². The predicted octanol–water partition coefficient (Wildman–Crippen LogP) is 4.84. The molecule has 5 heteroatoms. The standard InChI is InChI=1S/C14H8BrClN2O/c15-10-5-6-11(16)13(7-10)19-14-17-8-9-3-1-2-4-12(9)18-14/h1-8H. The van der Waals surface area contributed by atoms with Gasteiger partial charge < -0.3 is 4.74 Å². The van der Waals surface area contributed by atoms with E-state index in [0.29, 0.717) is 10.8 Å². The van der Waals surface area contributed by atoms with Crippen molar-refractivity contribution in [3.8, 4) is 11.8 Å². The minimum atomic E-state index is 0.277. The highest BCUT2D eigenvalue weighted by molar-refractivity contribution is 9.10. The molecule has 0 spiro atoms. The van der Waals surface area contributed by atoms with Crippen LogP contribution in [0.25, 0.3) is 10.9 Å². The molecule has 0 amide bonds. The van der Waals surface area contributed by atoms with E-state index in [-0.39, 0.29) is 6.01 Å². The largest absolute Gasteiger partial charge is 0.423 e. The van der Waals surface area contributed by atoms with Crippen LogP contribution in [0.4, 0.5) is 0 Å². The fraction of sp³-hybridized carbons (Fsp3) is 0. The third-order valence-corrected chi connectivity index (χ3v) is 3.37. The molecule has 1 heterocycles. The van der Waals surface area contributed by atoms with E-state index in [2.05, 4.69) is 25.9 Å². The van der Waals surface area contributed by atoms with Crippen molar-refractivity contribution in [2.75, 3.05) is 0 Å². The molecule has 3 rings (SSSR count). The fourth-order valence-corrected chi connectivity index (χ4v) is 2.15. The van der Waals surface area contributed by atoms with Gasteiger partial charge in [-0.05, 0) is 24.3 Å². The molecule has 0 atom stereocenters. The molecule has 0 aliphatic rings. The Labute approximate surface area is 123 Å². The van der Waals surface area contributed by atoms with Crippen molar-refractivity contribution in [1.82, 2.24) is 9.97 Å². The SMILES string of the molecule is Clc1ccc(Br)cc1Oc1ncc2ccccc2n1. The number of benzene rings is 2. The zero-order valence-electron chi connectivity index (χ0n) is 9.68. The van der Waals surface area contributed by atoms with Gasteiger partial charge in [-0.25, -0.2) is 4.98 Å². The molecule has 0 saturated heterocycles. The maximum Gasteiger partial charge on any atom is 0.322 e. The number of aromatic nitrogens is 2. The highest BCUT2D eigenvalue weighted by Gasteiger charge is 2.06. The van der Waals surface area contributed by atoms with Gasteiger partial charge in [-0.3, -0.25) is 0 Å². The van der Waals surface area contributed by atoms with E-state index >= 15 is 0 Å². The van der Waals surface area contributed by atoms with Crippen LogP contribution in [0.5, 0.6) is 11.8 Å². The number of hydrogen-bond acceptors (Lipinski definition) is 3. The zero-order valence-corrected chi connectivity index (χ0v) is 12.0. The van der Waals surface area contributed by atoms with Gasteiger partial charge in [0.25, 0.3) is 0 Å². The van der Waals surface area contributed by atoms with Crippen molar-refractivity contribution in [2.24, 2.45) is 0 Å². The third-order valence-electron chi connectivity index (χ3n) is 2.56. The predicted molar refractivity (Wildman–Crippen MR) is 78.8 cm³/mol. The summed E-state index contributed by atoms with van der Waals surface area (Å²) >= 11 is 9.43. The molecule has 3 aromatic rings. The summed E-state index contributed by atoms with van der Waals surface area (Å²) in [5.74, 6) is 0.520. The highest BCUT2D eigenvalue weighted by atomic mass is 79.9. The molecule has 19 heavy (non-hydrogen) atoms. The lowest BCUT2D eigenvalue weighted by Crippen LogP contribution is -1.92. The van der Waals surface area contributed by atoms with Crippen LogP contribution in [0.3, 0.4) is 0 Å². The molecule has 0 aliphatic heterocycles. The van der Waals surface area contributed by atoms with E-state index in [0.717, 1.165) is 15.4 Å². The van der Waals surface area contributed by atoms with Gasteiger partial charge in [0.05, 0.1) is 10.5 Å². The van der Waals surface area contributed by atoms with Crippen LogP contribution in [0, 0.1) is 0 Å². The Balaban J connectivity index is 1.98. The van der Waals surface area contributed by atoms with Crippen molar-refractivity contribution in [3.05, 3.63) is 58.2 Å². The van der Waals surface area contributed by atoms with Gasteiger partial charge in [-0.1, -0.05) is 45.7 Å². The van der Waals surface area contributed by atoms with E-state index in [1.807, 2.05) is 30.3 Å². The molecule has 0 radical (unpaired) electrons.